The van der Waals surface area contributed by atoms with Gasteiger partial charge < -0.3 is 14.6 Å². The fourth-order valence-electron chi connectivity index (χ4n) is 8.32. The Hall–Kier alpha value is -5.24. The molecule has 3 heterocycles. The standard InChI is InChI=1S/C42H43ClN6O6S/c1-2-28-6-10-35(24-38(28)49(51)52)56(53,54)46-41(50)36-11-9-33(23-39(36)55-34-22-30-13-17-44-40(30)45-26-34)48-20-18-47(19-21-48)27-31-12-16-42(14-3-15-42)25-37(31)29-4-7-32(43)8-5-29/h4-11,13,17,22-24,26H,2-3,12,14-16,18-21,25,27H2,1H3,(H,44,45)(H,46,50). The van der Waals surface area contributed by atoms with E-state index in [2.05, 4.69) is 36.6 Å². The molecule has 0 radical (unpaired) electrons. The summed E-state index contributed by atoms with van der Waals surface area (Å²) in [7, 11) is -4.48. The van der Waals surface area contributed by atoms with E-state index >= 15 is 0 Å². The molecule has 2 fully saturated rings. The van der Waals surface area contributed by atoms with Gasteiger partial charge in [0.15, 0.2) is 0 Å². The predicted octanol–water partition coefficient (Wildman–Crippen LogP) is 8.53. The van der Waals surface area contributed by atoms with Crippen LogP contribution in [0.5, 0.6) is 11.5 Å². The van der Waals surface area contributed by atoms with Crippen molar-refractivity contribution in [1.29, 1.82) is 0 Å². The van der Waals surface area contributed by atoms with Gasteiger partial charge in [0.2, 0.25) is 0 Å². The van der Waals surface area contributed by atoms with Crippen LogP contribution >= 0.6 is 11.6 Å². The van der Waals surface area contributed by atoms with Crippen LogP contribution in [0.2, 0.25) is 5.02 Å². The van der Waals surface area contributed by atoms with Crippen molar-refractivity contribution in [3.05, 3.63) is 123 Å². The molecule has 14 heteroatoms. The number of hydrogen-bond donors (Lipinski definition) is 2. The van der Waals surface area contributed by atoms with Gasteiger partial charge in [-0.3, -0.25) is 19.8 Å². The number of rotatable bonds is 11. The lowest BCUT2D eigenvalue weighted by Crippen LogP contribution is -2.47. The topological polar surface area (TPSA) is 151 Å². The molecule has 3 aromatic carbocycles. The highest BCUT2D eigenvalue weighted by Crippen LogP contribution is 2.55. The molecule has 5 aromatic rings. The molecular formula is C42H43ClN6O6S. The van der Waals surface area contributed by atoms with E-state index in [1.807, 2.05) is 18.2 Å². The lowest BCUT2D eigenvalue weighted by molar-refractivity contribution is -0.385. The van der Waals surface area contributed by atoms with Gasteiger partial charge in [0.1, 0.15) is 17.1 Å². The van der Waals surface area contributed by atoms with Gasteiger partial charge in [-0.2, -0.15) is 0 Å². The zero-order chi connectivity index (χ0) is 39.0. The lowest BCUT2D eigenvalue weighted by Gasteiger charge is -2.47. The average Bonchev–Trinajstić information content (AvgIpc) is 3.66. The molecule has 0 atom stereocenters. The number of hydrogen-bond acceptors (Lipinski definition) is 9. The van der Waals surface area contributed by atoms with Crippen LogP contribution in [-0.4, -0.2) is 66.8 Å². The quantitative estimate of drug-likeness (QED) is 0.0991. The molecular weight excluding hydrogens is 752 g/mol. The number of fused-ring (bicyclic) bond motifs is 1. The summed E-state index contributed by atoms with van der Waals surface area (Å²) in [5.74, 6) is -0.426. The van der Waals surface area contributed by atoms with Crippen LogP contribution in [0.4, 0.5) is 11.4 Å². The van der Waals surface area contributed by atoms with E-state index in [4.69, 9.17) is 16.3 Å². The third-order valence-corrected chi connectivity index (χ3v) is 13.3. The highest BCUT2D eigenvalue weighted by atomic mass is 35.5. The largest absolute Gasteiger partial charge is 0.455 e. The predicted molar refractivity (Wildman–Crippen MR) is 217 cm³/mol. The molecule has 2 aromatic heterocycles. The molecule has 1 saturated carbocycles. The molecule has 2 N–H and O–H groups in total. The molecule has 290 valence electrons. The Kier molecular flexibility index (Phi) is 10.3. The number of anilines is 1. The van der Waals surface area contributed by atoms with E-state index in [9.17, 15) is 23.3 Å². The van der Waals surface area contributed by atoms with Crippen molar-refractivity contribution in [1.82, 2.24) is 19.6 Å². The Bertz CT molecular complexity index is 2450. The molecule has 0 bridgehead atoms. The van der Waals surface area contributed by atoms with Crippen LogP contribution in [0.15, 0.2) is 95.7 Å². The van der Waals surface area contributed by atoms with Crippen molar-refractivity contribution in [2.24, 2.45) is 5.41 Å². The van der Waals surface area contributed by atoms with Gasteiger partial charge in [0.05, 0.1) is 21.6 Å². The van der Waals surface area contributed by atoms with Crippen LogP contribution in [0, 0.1) is 15.5 Å². The van der Waals surface area contributed by atoms with Crippen LogP contribution in [0.1, 0.15) is 66.9 Å². The minimum absolute atomic E-state index is 0.0204. The van der Waals surface area contributed by atoms with Gasteiger partial charge in [-0.1, -0.05) is 48.7 Å². The fourth-order valence-corrected chi connectivity index (χ4v) is 9.43. The normalized spacial score (nSPS) is 17.2. The van der Waals surface area contributed by atoms with Crippen LogP contribution < -0.4 is 14.4 Å². The van der Waals surface area contributed by atoms with E-state index in [1.54, 1.807) is 37.4 Å². The molecule has 0 unspecified atom stereocenters. The van der Waals surface area contributed by atoms with E-state index in [-0.39, 0.29) is 21.9 Å². The fraction of sp³-hybridized carbons (Fsp3) is 0.333. The number of carbonyl (C=O) groups is 1. The molecule has 3 aliphatic rings. The minimum Gasteiger partial charge on any atom is -0.455 e. The second-order valence-electron chi connectivity index (χ2n) is 15.1. The molecule has 1 saturated heterocycles. The minimum atomic E-state index is -4.48. The third kappa shape index (κ3) is 7.75. The number of ether oxygens (including phenoxy) is 1. The first-order valence-corrected chi connectivity index (χ1v) is 20.9. The van der Waals surface area contributed by atoms with Crippen molar-refractivity contribution < 1.29 is 22.9 Å². The number of aromatic nitrogens is 2. The summed E-state index contributed by atoms with van der Waals surface area (Å²) < 4.78 is 35.2. The van der Waals surface area contributed by atoms with Crippen molar-refractivity contribution in [3.63, 3.8) is 0 Å². The number of halogens is 1. The van der Waals surface area contributed by atoms with Gasteiger partial charge in [-0.05, 0) is 97.5 Å². The average molecular weight is 795 g/mol. The number of nitro benzene ring substituents is 1. The molecule has 56 heavy (non-hydrogen) atoms. The highest BCUT2D eigenvalue weighted by molar-refractivity contribution is 7.90. The zero-order valence-electron chi connectivity index (χ0n) is 31.1. The Balaban J connectivity index is 1.02. The number of nitrogens with one attached hydrogen (secondary N) is 2. The summed E-state index contributed by atoms with van der Waals surface area (Å²) in [4.78, 5) is 36.6. The molecule has 1 aliphatic heterocycles. The second kappa shape index (κ2) is 15.4. The number of pyridine rings is 1. The van der Waals surface area contributed by atoms with E-state index in [0.717, 1.165) is 67.7 Å². The Morgan fingerprint density at radius 3 is 2.52 bits per heavy atom. The summed E-state index contributed by atoms with van der Waals surface area (Å²) in [5.41, 5.74) is 6.26. The van der Waals surface area contributed by atoms with Crippen molar-refractivity contribution in [2.75, 3.05) is 37.6 Å². The number of nitro groups is 1. The van der Waals surface area contributed by atoms with Crippen LogP contribution in [0.3, 0.4) is 0 Å². The van der Waals surface area contributed by atoms with Crippen LogP contribution in [-0.2, 0) is 16.4 Å². The van der Waals surface area contributed by atoms with Crippen LogP contribution in [0.25, 0.3) is 16.6 Å². The smallest absolute Gasteiger partial charge is 0.273 e. The maximum absolute atomic E-state index is 13.7. The number of allylic oxidation sites excluding steroid dienone is 1. The maximum Gasteiger partial charge on any atom is 0.273 e. The Labute approximate surface area is 330 Å². The van der Waals surface area contributed by atoms with E-state index < -0.39 is 20.9 Å². The SMILES string of the molecule is CCc1ccc(S(=O)(=O)NC(=O)c2ccc(N3CCN(CC4=C(c5ccc(Cl)cc5)CC5(CCC5)CC4)CC3)cc2Oc2cnc3[nH]ccc3c2)cc1[N+](=O)[O-]. The van der Waals surface area contributed by atoms with Crippen molar-refractivity contribution in [3.8, 4) is 11.5 Å². The number of benzene rings is 3. The first-order chi connectivity index (χ1) is 27.0. The Morgan fingerprint density at radius 2 is 1.80 bits per heavy atom. The number of piperazine rings is 1. The van der Waals surface area contributed by atoms with Gasteiger partial charge in [0.25, 0.3) is 21.6 Å². The van der Waals surface area contributed by atoms with Gasteiger partial charge in [-0.25, -0.2) is 18.1 Å². The van der Waals surface area contributed by atoms with Gasteiger partial charge >= 0.3 is 0 Å². The highest BCUT2D eigenvalue weighted by Gasteiger charge is 2.41. The summed E-state index contributed by atoms with van der Waals surface area (Å²) >= 11 is 6.26. The number of carbonyl (C=O) groups excluding carboxylic acids is 1. The second-order valence-corrected chi connectivity index (χ2v) is 17.2. The maximum atomic E-state index is 13.7. The summed E-state index contributed by atoms with van der Waals surface area (Å²) in [6, 6.07) is 20.6. The summed E-state index contributed by atoms with van der Waals surface area (Å²) in [6.07, 6.45) is 11.1. The number of amides is 1. The number of aryl methyl sites for hydroxylation is 1. The number of H-pyrrole nitrogens is 1. The van der Waals surface area contributed by atoms with Crippen molar-refractivity contribution in [2.45, 2.75) is 56.8 Å². The monoisotopic (exact) mass is 794 g/mol. The summed E-state index contributed by atoms with van der Waals surface area (Å²) in [6.45, 7) is 5.84. The Morgan fingerprint density at radius 1 is 1.02 bits per heavy atom. The molecule has 2 aliphatic carbocycles. The van der Waals surface area contributed by atoms with E-state index in [0.29, 0.717) is 28.8 Å². The molecule has 1 spiro atoms. The zero-order valence-corrected chi connectivity index (χ0v) is 32.7. The lowest BCUT2D eigenvalue weighted by atomic mass is 9.59. The number of nitrogens with zero attached hydrogens (tertiary/aromatic N) is 4. The summed E-state index contributed by atoms with van der Waals surface area (Å²) in [5, 5.41) is 13.2. The first-order valence-electron chi connectivity index (χ1n) is 19.0. The number of sulfonamides is 1. The third-order valence-electron chi connectivity index (χ3n) is 11.7. The van der Waals surface area contributed by atoms with E-state index in [1.165, 1.54) is 60.7 Å². The molecule has 8 rings (SSSR count). The first kappa shape index (κ1) is 37.7. The molecule has 12 nitrogen and oxygen atoms in total. The van der Waals surface area contributed by atoms with Crippen molar-refractivity contribution >= 4 is 55.5 Å². The van der Waals surface area contributed by atoms with Gasteiger partial charge in [0, 0.05) is 72.7 Å². The number of aromatic amines is 1. The molecule has 1 amide bonds. The van der Waals surface area contributed by atoms with Gasteiger partial charge in [-0.15, -0.1) is 0 Å².